The van der Waals surface area contributed by atoms with Gasteiger partial charge in [-0.1, -0.05) is 116 Å². The number of methoxy groups -OCH3 is 2. The molecule has 8 rings (SSSR count). The average molecular weight is 938 g/mol. The van der Waals surface area contributed by atoms with Crippen molar-refractivity contribution >= 4 is 34.9 Å². The van der Waals surface area contributed by atoms with E-state index in [0.29, 0.717) is 35.3 Å². The highest BCUT2D eigenvalue weighted by molar-refractivity contribution is 6.03. The number of H-pyrrole nitrogens is 3. The molecule has 0 bridgehead atoms. The average Bonchev–Trinajstić information content (AvgIpc) is 3.82. The van der Waals surface area contributed by atoms with Crippen LogP contribution in [-0.2, 0) is 19.1 Å². The molecule has 10 atom stereocenters. The van der Waals surface area contributed by atoms with Crippen LogP contribution in [-0.4, -0.2) is 97.1 Å². The van der Waals surface area contributed by atoms with E-state index in [4.69, 9.17) is 19.4 Å². The number of amides is 4. The molecule has 364 valence electrons. The molecule has 15 nitrogen and oxygen atoms in total. The second kappa shape index (κ2) is 19.6. The first kappa shape index (κ1) is 48.6. The van der Waals surface area contributed by atoms with Crippen molar-refractivity contribution in [3.05, 3.63) is 97.0 Å². The highest BCUT2D eigenvalue weighted by Gasteiger charge is 2.53. The van der Waals surface area contributed by atoms with E-state index in [9.17, 15) is 19.2 Å². The molecule has 4 amide bonds. The van der Waals surface area contributed by atoms with Crippen molar-refractivity contribution in [2.24, 2.45) is 35.5 Å². The minimum Gasteiger partial charge on any atom is -0.453 e. The van der Waals surface area contributed by atoms with Crippen molar-refractivity contribution < 1.29 is 28.7 Å². The smallest absolute Gasteiger partial charge is 0.407 e. The fourth-order valence-electron chi connectivity index (χ4n) is 10.2. The van der Waals surface area contributed by atoms with E-state index in [-0.39, 0.29) is 47.8 Å². The summed E-state index contributed by atoms with van der Waals surface area (Å²) in [7, 11) is 2.60. The summed E-state index contributed by atoms with van der Waals surface area (Å²) < 4.78 is 9.70. The molecule has 0 spiro atoms. The number of fused-ring (bicyclic) bond motifs is 1. The predicted molar refractivity (Wildman–Crippen MR) is 267 cm³/mol. The zero-order chi connectivity index (χ0) is 49.6. The minimum atomic E-state index is -0.734. The lowest BCUT2D eigenvalue weighted by Gasteiger charge is -2.34. The maximum absolute atomic E-state index is 14.1. The number of imidazole rings is 2. The third-order valence-electron chi connectivity index (χ3n) is 15.0. The van der Waals surface area contributed by atoms with Gasteiger partial charge in [0.15, 0.2) is 0 Å². The molecule has 15 heteroatoms. The number of aromatic nitrogens is 5. The van der Waals surface area contributed by atoms with Crippen LogP contribution in [0.2, 0.25) is 0 Å². The quantitative estimate of drug-likeness (QED) is 0.0633. The van der Waals surface area contributed by atoms with E-state index in [2.05, 4.69) is 120 Å². The Balaban J connectivity index is 0.978. The first-order chi connectivity index (χ1) is 32.9. The van der Waals surface area contributed by atoms with Crippen LogP contribution in [0.3, 0.4) is 0 Å². The molecular weight excluding hydrogens is 871 g/mol. The lowest BCUT2D eigenvalue weighted by atomic mass is 9.95. The Kier molecular flexibility index (Phi) is 13.8. The Morgan fingerprint density at radius 2 is 0.928 bits per heavy atom. The van der Waals surface area contributed by atoms with Gasteiger partial charge in [0.05, 0.1) is 55.6 Å². The molecule has 69 heavy (non-hydrogen) atoms. The Labute approximate surface area is 404 Å². The number of carbonyl (C=O) groups excluding carboxylic acids is 4. The second-order valence-corrected chi connectivity index (χ2v) is 19.9. The molecule has 2 unspecified atom stereocenters. The van der Waals surface area contributed by atoms with Gasteiger partial charge in [-0.2, -0.15) is 0 Å². The Bertz CT molecular complexity index is 2610. The summed E-state index contributed by atoms with van der Waals surface area (Å²) in [4.78, 5) is 76.6. The Morgan fingerprint density at radius 1 is 0.551 bits per heavy atom. The molecule has 0 aliphatic heterocycles. The van der Waals surface area contributed by atoms with Crippen LogP contribution in [0.15, 0.2) is 85.3 Å². The molecule has 0 saturated heterocycles. The highest BCUT2D eigenvalue weighted by atomic mass is 16.5. The van der Waals surface area contributed by atoms with Crippen molar-refractivity contribution in [3.8, 4) is 44.8 Å². The van der Waals surface area contributed by atoms with Crippen LogP contribution in [0.4, 0.5) is 9.59 Å². The van der Waals surface area contributed by atoms with Crippen molar-refractivity contribution in [1.29, 1.82) is 0 Å². The zero-order valence-corrected chi connectivity index (χ0v) is 41.7. The summed E-state index contributed by atoms with van der Waals surface area (Å²) in [6.45, 7) is 20.2. The van der Waals surface area contributed by atoms with Gasteiger partial charge in [0.1, 0.15) is 23.7 Å². The van der Waals surface area contributed by atoms with Crippen molar-refractivity contribution in [2.75, 3.05) is 14.2 Å². The fourth-order valence-corrected chi connectivity index (χ4v) is 10.2. The molecule has 2 aliphatic rings. The van der Waals surface area contributed by atoms with Gasteiger partial charge in [-0.15, -0.1) is 0 Å². The van der Waals surface area contributed by atoms with Crippen LogP contribution in [0, 0.1) is 35.5 Å². The number of nitrogens with one attached hydrogen (secondary N) is 5. The number of ether oxygens (including phenoxy) is 2. The molecule has 2 saturated carbocycles. The number of hydrogen-bond donors (Lipinski definition) is 5. The fraction of sp³-hybridized carbons (Fsp3) is 0.444. The number of aromatic amines is 3. The molecule has 5 N–H and O–H groups in total. The van der Waals surface area contributed by atoms with Gasteiger partial charge in [-0.25, -0.2) is 19.6 Å². The monoisotopic (exact) mass is 938 g/mol. The molecule has 3 aromatic carbocycles. The van der Waals surface area contributed by atoms with E-state index >= 15 is 0 Å². The van der Waals surface area contributed by atoms with Gasteiger partial charge < -0.3 is 44.9 Å². The Morgan fingerprint density at radius 3 is 1.30 bits per heavy atom. The normalized spacial score (nSPS) is 21.3. The van der Waals surface area contributed by atoms with Gasteiger partial charge in [-0.3, -0.25) is 9.59 Å². The zero-order valence-electron chi connectivity index (χ0n) is 41.7. The van der Waals surface area contributed by atoms with E-state index in [1.165, 1.54) is 14.2 Å². The minimum absolute atomic E-state index is 0.0307. The summed E-state index contributed by atoms with van der Waals surface area (Å²) in [6.07, 6.45) is 4.34. The molecule has 2 aliphatic carbocycles. The van der Waals surface area contributed by atoms with Crippen LogP contribution >= 0.6 is 0 Å². The van der Waals surface area contributed by atoms with E-state index < -0.39 is 24.3 Å². The predicted octanol–water partition coefficient (Wildman–Crippen LogP) is 10.1. The van der Waals surface area contributed by atoms with Crippen molar-refractivity contribution in [1.82, 2.24) is 45.4 Å². The summed E-state index contributed by atoms with van der Waals surface area (Å²) in [5.41, 5.74) is 8.95. The van der Waals surface area contributed by atoms with Crippen LogP contribution in [0.5, 0.6) is 0 Å². The first-order valence-corrected chi connectivity index (χ1v) is 24.2. The van der Waals surface area contributed by atoms with Crippen molar-refractivity contribution in [2.45, 2.75) is 105 Å². The molecule has 6 aromatic rings. The largest absolute Gasteiger partial charge is 0.453 e. The highest BCUT2D eigenvalue weighted by Crippen LogP contribution is 2.47. The van der Waals surface area contributed by atoms with Gasteiger partial charge in [-0.05, 0) is 83.2 Å². The first-order valence-electron chi connectivity index (χ1n) is 24.2. The summed E-state index contributed by atoms with van der Waals surface area (Å²) in [5, 5.41) is 6.62. The number of nitrogens with zero attached hydrogens (tertiary/aromatic N) is 4. The van der Waals surface area contributed by atoms with E-state index in [1.54, 1.807) is 0 Å². The number of hydrogen-bond acceptors (Lipinski definition) is 8. The molecule has 2 fully saturated rings. The molecule has 3 aromatic heterocycles. The molecule has 0 radical (unpaired) electrons. The number of benzene rings is 3. The van der Waals surface area contributed by atoms with Crippen molar-refractivity contribution in [3.63, 3.8) is 0 Å². The third-order valence-corrected chi connectivity index (χ3v) is 15.0. The molecule has 3 heterocycles. The summed E-state index contributed by atoms with van der Waals surface area (Å²) in [6, 6.07) is 21.1. The van der Waals surface area contributed by atoms with Gasteiger partial charge in [0.25, 0.3) is 0 Å². The summed E-state index contributed by atoms with van der Waals surface area (Å²) in [5.74, 6) is 2.07. The summed E-state index contributed by atoms with van der Waals surface area (Å²) >= 11 is 0. The van der Waals surface area contributed by atoms with E-state index in [1.807, 2.05) is 69.9 Å². The topological polar surface area (TPSA) is 190 Å². The van der Waals surface area contributed by atoms with E-state index in [0.717, 1.165) is 55.7 Å². The Hall–Kier alpha value is -6.90. The SMILES string of the molecule is COC(=O)N[C@H](C(=O)N(C1[C@@H](C)[C@H]1C)[C@@H](C)c1ncc(-c2ccc(-c3ccc(-c4ccc(-c5cnc([C@H](C)N(C(=O)[C@@H](NC(=O)OC)C(C)C)C6[C@@H](C)[C@H]6C)[nH]5)cc4)c4[nH]ccc34)cc2)[nH]1)C(C)C. The lowest BCUT2D eigenvalue weighted by molar-refractivity contribution is -0.138. The maximum atomic E-state index is 14.1. The lowest BCUT2D eigenvalue weighted by Crippen LogP contribution is -2.53. The number of rotatable bonds is 16. The number of carbonyl (C=O) groups is 4. The molecular formula is C54H67N9O6. The van der Waals surface area contributed by atoms with Crippen LogP contribution in [0.1, 0.15) is 93.0 Å². The third kappa shape index (κ3) is 9.47. The standard InChI is InChI=1S/C54H67N9O6/c1-27(2)44(60-53(66)68-11)51(64)62(47-29(5)30(47)6)33(9)49-56-25-42(58-49)37-17-13-35(14-18-37)39-21-22-40(46-41(39)23-24-55-46)36-15-19-38(20-16-36)43-26-57-50(59-43)34(10)63(48-31(7)32(48)8)52(65)45(28(3)4)61-54(67)69-12/h13-34,44-45,47-48,55H,1-12H3,(H,56,58)(H,57,59)(H,60,66)(H,61,67)/t29-,30+,31-,32+,33-,34-,44-,45-,47?,48?/m0/s1. The van der Waals surface area contributed by atoms with Gasteiger partial charge >= 0.3 is 12.2 Å². The second-order valence-electron chi connectivity index (χ2n) is 19.9. The van der Waals surface area contributed by atoms with Crippen LogP contribution in [0.25, 0.3) is 55.7 Å². The van der Waals surface area contributed by atoms with Gasteiger partial charge in [0, 0.05) is 29.2 Å². The van der Waals surface area contributed by atoms with Gasteiger partial charge in [0.2, 0.25) is 11.8 Å². The van der Waals surface area contributed by atoms with Crippen LogP contribution < -0.4 is 10.6 Å². The number of alkyl carbamates (subject to hydrolysis) is 2. The maximum Gasteiger partial charge on any atom is 0.407 e.